The van der Waals surface area contributed by atoms with Crippen LogP contribution in [0.1, 0.15) is 26.3 Å². The molecule has 4 rings (SSSR count). The summed E-state index contributed by atoms with van der Waals surface area (Å²) in [5, 5.41) is 0. The molecule has 0 amide bonds. The SMILES string of the molecule is O=C(C[n+]1cccc2c1-c1ncccc1C2=O)c1ccc(Br)cc1. The molecule has 0 N–H and O–H groups in total. The Morgan fingerprint density at radius 3 is 2.58 bits per heavy atom. The monoisotopic (exact) mass is 379 g/mol. The number of carbonyl (C=O) groups is 2. The second-order valence-corrected chi connectivity index (χ2v) is 6.47. The van der Waals surface area contributed by atoms with Crippen molar-refractivity contribution in [1.82, 2.24) is 4.98 Å². The van der Waals surface area contributed by atoms with Crippen molar-refractivity contribution >= 4 is 27.5 Å². The van der Waals surface area contributed by atoms with Crippen molar-refractivity contribution in [3.8, 4) is 11.4 Å². The van der Waals surface area contributed by atoms with E-state index in [-0.39, 0.29) is 18.1 Å². The van der Waals surface area contributed by atoms with E-state index < -0.39 is 0 Å². The van der Waals surface area contributed by atoms with Crippen LogP contribution in [0.3, 0.4) is 0 Å². The van der Waals surface area contributed by atoms with Crippen molar-refractivity contribution in [1.29, 1.82) is 0 Å². The lowest BCUT2D eigenvalue weighted by Gasteiger charge is -2.03. The van der Waals surface area contributed by atoms with E-state index in [1.54, 1.807) is 47.2 Å². The van der Waals surface area contributed by atoms with Gasteiger partial charge in [0.05, 0.1) is 11.1 Å². The summed E-state index contributed by atoms with van der Waals surface area (Å²) in [4.78, 5) is 29.4. The summed E-state index contributed by atoms with van der Waals surface area (Å²) in [6.07, 6.45) is 3.47. The Balaban J connectivity index is 1.76. The van der Waals surface area contributed by atoms with E-state index in [0.29, 0.717) is 28.1 Å². The molecule has 0 unspecified atom stereocenters. The average molecular weight is 380 g/mol. The van der Waals surface area contributed by atoms with E-state index in [2.05, 4.69) is 20.9 Å². The quantitative estimate of drug-likeness (QED) is 0.405. The van der Waals surface area contributed by atoms with E-state index >= 15 is 0 Å². The van der Waals surface area contributed by atoms with Crippen molar-refractivity contribution in [2.75, 3.05) is 0 Å². The fourth-order valence-electron chi connectivity index (χ4n) is 2.93. The van der Waals surface area contributed by atoms with Crippen molar-refractivity contribution in [2.45, 2.75) is 6.54 Å². The van der Waals surface area contributed by atoms with Gasteiger partial charge in [0.25, 0.3) is 0 Å². The third-order valence-corrected chi connectivity index (χ3v) is 4.60. The summed E-state index contributed by atoms with van der Waals surface area (Å²) in [5.74, 6) is -0.0590. The number of rotatable bonds is 3. The first-order valence-electron chi connectivity index (χ1n) is 7.46. The molecule has 1 aliphatic carbocycles. The topological polar surface area (TPSA) is 50.9 Å². The molecule has 0 atom stereocenters. The summed E-state index contributed by atoms with van der Waals surface area (Å²) >= 11 is 3.36. The van der Waals surface area contributed by atoms with Gasteiger partial charge in [0, 0.05) is 22.3 Å². The Morgan fingerprint density at radius 2 is 1.79 bits per heavy atom. The predicted octanol–water partition coefficient (Wildman–Crippen LogP) is 3.23. The molecular weight excluding hydrogens is 368 g/mol. The van der Waals surface area contributed by atoms with Crippen LogP contribution in [-0.2, 0) is 6.54 Å². The number of carbonyl (C=O) groups excluding carboxylic acids is 2. The van der Waals surface area contributed by atoms with Crippen LogP contribution in [0.4, 0.5) is 0 Å². The molecule has 116 valence electrons. The van der Waals surface area contributed by atoms with Gasteiger partial charge >= 0.3 is 0 Å². The van der Waals surface area contributed by atoms with E-state index in [1.807, 2.05) is 18.3 Å². The van der Waals surface area contributed by atoms with Gasteiger partial charge in [0.1, 0.15) is 5.69 Å². The first-order valence-corrected chi connectivity index (χ1v) is 8.26. The maximum absolute atomic E-state index is 12.6. The second-order valence-electron chi connectivity index (χ2n) is 5.56. The lowest BCUT2D eigenvalue weighted by Crippen LogP contribution is -2.40. The highest BCUT2D eigenvalue weighted by Crippen LogP contribution is 2.31. The number of benzene rings is 1. The molecule has 2 aromatic heterocycles. The molecule has 0 fully saturated rings. The van der Waals surface area contributed by atoms with E-state index in [4.69, 9.17) is 0 Å². The van der Waals surface area contributed by atoms with Crippen LogP contribution in [0.15, 0.2) is 65.4 Å². The van der Waals surface area contributed by atoms with Crippen molar-refractivity contribution < 1.29 is 14.2 Å². The van der Waals surface area contributed by atoms with Crippen LogP contribution in [0.5, 0.6) is 0 Å². The minimum Gasteiger partial charge on any atom is -0.288 e. The first kappa shape index (κ1) is 14.9. The van der Waals surface area contributed by atoms with Gasteiger partial charge in [-0.3, -0.25) is 9.59 Å². The third-order valence-electron chi connectivity index (χ3n) is 4.07. The number of Topliss-reactive ketones (excluding diaryl/α,β-unsaturated/α-hetero) is 1. The van der Waals surface area contributed by atoms with Crippen LogP contribution >= 0.6 is 15.9 Å². The normalized spacial score (nSPS) is 12.0. The Bertz CT molecular complexity index is 981. The lowest BCUT2D eigenvalue weighted by atomic mass is 10.1. The van der Waals surface area contributed by atoms with Gasteiger partial charge in [-0.05, 0) is 30.3 Å². The molecule has 1 aliphatic rings. The number of pyridine rings is 2. The highest BCUT2D eigenvalue weighted by atomic mass is 79.9. The Hall–Kier alpha value is -2.66. The second kappa shape index (κ2) is 5.76. The maximum atomic E-state index is 12.6. The van der Waals surface area contributed by atoms with Crippen molar-refractivity contribution in [3.63, 3.8) is 0 Å². The van der Waals surface area contributed by atoms with Crippen LogP contribution in [0.25, 0.3) is 11.4 Å². The van der Waals surface area contributed by atoms with Gasteiger partial charge in [-0.2, -0.15) is 4.57 Å². The van der Waals surface area contributed by atoms with Gasteiger partial charge in [0.2, 0.25) is 23.8 Å². The fourth-order valence-corrected chi connectivity index (χ4v) is 3.20. The summed E-state index contributed by atoms with van der Waals surface area (Å²) in [6.45, 7) is 0.161. The minimum atomic E-state index is -0.0430. The molecule has 2 heterocycles. The smallest absolute Gasteiger partial charge is 0.243 e. The van der Waals surface area contributed by atoms with Crippen molar-refractivity contribution in [2.24, 2.45) is 0 Å². The molecule has 0 saturated carbocycles. The zero-order valence-corrected chi connectivity index (χ0v) is 14.2. The molecule has 5 heteroatoms. The largest absolute Gasteiger partial charge is 0.288 e. The molecule has 0 bridgehead atoms. The molecule has 3 aromatic rings. The number of hydrogen-bond donors (Lipinski definition) is 0. The number of halogens is 1. The summed E-state index contributed by atoms with van der Waals surface area (Å²) in [5.41, 5.74) is 3.16. The molecule has 0 spiro atoms. The van der Waals surface area contributed by atoms with Gasteiger partial charge in [-0.25, -0.2) is 4.98 Å². The van der Waals surface area contributed by atoms with Crippen LogP contribution in [0, 0.1) is 0 Å². The van der Waals surface area contributed by atoms with Crippen LogP contribution in [0.2, 0.25) is 0 Å². The van der Waals surface area contributed by atoms with Gasteiger partial charge in [-0.1, -0.05) is 28.1 Å². The van der Waals surface area contributed by atoms with Gasteiger partial charge in [0.15, 0.2) is 6.20 Å². The summed E-state index contributed by atoms with van der Waals surface area (Å²) < 4.78 is 2.73. The highest BCUT2D eigenvalue weighted by molar-refractivity contribution is 9.10. The van der Waals surface area contributed by atoms with Gasteiger partial charge in [-0.15, -0.1) is 0 Å². The standard InChI is InChI=1S/C19H12BrN2O2/c20-13-7-5-12(6-8-13)16(23)11-22-10-2-4-15-18(22)17-14(19(15)24)3-1-9-21-17/h1-10H,11H2/q+1. The molecular formula is C19H12BrN2O2+. The summed E-state index contributed by atoms with van der Waals surface area (Å²) in [7, 11) is 0. The van der Waals surface area contributed by atoms with Gasteiger partial charge < -0.3 is 0 Å². The number of fused-ring (bicyclic) bond motifs is 3. The summed E-state index contributed by atoms with van der Waals surface area (Å²) in [6, 6.07) is 14.3. The first-order chi connectivity index (χ1) is 11.6. The number of nitrogens with zero attached hydrogens (tertiary/aromatic N) is 2. The van der Waals surface area contributed by atoms with Crippen LogP contribution < -0.4 is 4.57 Å². The number of hydrogen-bond acceptors (Lipinski definition) is 3. The van der Waals surface area contributed by atoms with E-state index in [9.17, 15) is 9.59 Å². The maximum Gasteiger partial charge on any atom is 0.243 e. The van der Waals surface area contributed by atoms with E-state index in [1.165, 1.54) is 0 Å². The lowest BCUT2D eigenvalue weighted by molar-refractivity contribution is -0.672. The zero-order chi connectivity index (χ0) is 16.7. The third kappa shape index (κ3) is 2.37. The predicted molar refractivity (Wildman–Crippen MR) is 91.8 cm³/mol. The number of aromatic nitrogens is 2. The fraction of sp³-hybridized carbons (Fsp3) is 0.0526. The molecule has 0 saturated heterocycles. The Labute approximate surface area is 146 Å². The van der Waals surface area contributed by atoms with Crippen molar-refractivity contribution in [3.05, 3.63) is 82.1 Å². The molecule has 0 aliphatic heterocycles. The zero-order valence-electron chi connectivity index (χ0n) is 12.6. The minimum absolute atomic E-state index is 0.0160. The Kier molecular flexibility index (Phi) is 3.58. The van der Waals surface area contributed by atoms with E-state index in [0.717, 1.165) is 4.47 Å². The molecule has 0 radical (unpaired) electrons. The highest BCUT2D eigenvalue weighted by Gasteiger charge is 2.36. The molecule has 24 heavy (non-hydrogen) atoms. The number of ketones is 2. The Morgan fingerprint density at radius 1 is 1.04 bits per heavy atom. The average Bonchev–Trinajstić information content (AvgIpc) is 2.90. The van der Waals surface area contributed by atoms with Crippen LogP contribution in [-0.4, -0.2) is 16.6 Å². The molecule has 4 nitrogen and oxygen atoms in total. The molecule has 1 aromatic carbocycles.